The second-order valence-electron chi connectivity index (χ2n) is 7.25. The molecule has 3 heterocycles. The standard InChI is InChI=1S/C19H21FN2O4.K/c1-10-2-3-12-16-13(18(24)14(19(25)26)9-22(10)16)8-15(20)17(12)21-6-4-11(23)5-7-21;/h8-11,23H,2-7H2,1H3,(H,25,26);/q;+1/p-1/t10-;/m0./s1. The second-order valence-corrected chi connectivity index (χ2v) is 7.25. The van der Waals surface area contributed by atoms with E-state index in [0.717, 1.165) is 18.1 Å². The number of nitrogens with zero attached hydrogens (tertiary/aromatic N) is 2. The number of hydrogen-bond acceptors (Lipinski definition) is 5. The Morgan fingerprint density at radius 2 is 1.96 bits per heavy atom. The average Bonchev–Trinajstić information content (AvgIpc) is 2.60. The van der Waals surface area contributed by atoms with Gasteiger partial charge in [-0.2, -0.15) is 0 Å². The molecule has 1 atom stereocenters. The van der Waals surface area contributed by atoms with Crippen LogP contribution in [-0.4, -0.2) is 34.8 Å². The van der Waals surface area contributed by atoms with E-state index in [9.17, 15) is 24.2 Å². The number of carboxylic acids is 1. The number of aliphatic hydroxyl groups is 1. The van der Waals surface area contributed by atoms with Gasteiger partial charge in [-0.15, -0.1) is 0 Å². The molecule has 2 aliphatic rings. The van der Waals surface area contributed by atoms with Crippen LogP contribution in [-0.2, 0) is 6.42 Å². The Balaban J connectivity index is 0.00000210. The van der Waals surface area contributed by atoms with Crippen LogP contribution in [0.1, 0.15) is 48.1 Å². The number of aryl methyl sites for hydroxylation is 1. The molecule has 1 N–H and O–H groups in total. The SMILES string of the molecule is C[C@H]1CCc2c(N3CCC(O)CC3)c(F)cc3c(=O)c(C(=O)[O-])cn1c23.[K+]. The molecule has 0 unspecified atom stereocenters. The van der Waals surface area contributed by atoms with Crippen molar-refractivity contribution in [2.45, 2.75) is 44.8 Å². The average molecular weight is 398 g/mol. The van der Waals surface area contributed by atoms with Gasteiger partial charge in [-0.1, -0.05) is 0 Å². The number of benzene rings is 1. The van der Waals surface area contributed by atoms with Gasteiger partial charge >= 0.3 is 51.4 Å². The minimum absolute atomic E-state index is 0. The number of carbonyl (C=O) groups is 1. The van der Waals surface area contributed by atoms with E-state index in [1.54, 1.807) is 4.57 Å². The van der Waals surface area contributed by atoms with Gasteiger partial charge in [0.25, 0.3) is 0 Å². The Kier molecular flexibility index (Phi) is 6.15. The molecule has 0 spiro atoms. The third-order valence-corrected chi connectivity index (χ3v) is 5.63. The summed E-state index contributed by atoms with van der Waals surface area (Å²) in [6.07, 6.45) is 3.45. The number of anilines is 1. The molecule has 0 amide bonds. The van der Waals surface area contributed by atoms with E-state index in [1.165, 1.54) is 6.20 Å². The second kappa shape index (κ2) is 7.92. The van der Waals surface area contributed by atoms with Crippen LogP contribution in [0, 0.1) is 5.82 Å². The molecular weight excluding hydrogens is 378 g/mol. The molecule has 2 aromatic rings. The summed E-state index contributed by atoms with van der Waals surface area (Å²) < 4.78 is 16.8. The van der Waals surface area contributed by atoms with Crippen LogP contribution in [0.15, 0.2) is 17.1 Å². The van der Waals surface area contributed by atoms with Crippen LogP contribution in [0.4, 0.5) is 10.1 Å². The molecular formula is C19H20FKN2O4. The minimum atomic E-state index is -1.55. The summed E-state index contributed by atoms with van der Waals surface area (Å²) in [5.41, 5.74) is 0.694. The molecule has 1 aromatic carbocycles. The first kappa shape index (κ1) is 20.9. The summed E-state index contributed by atoms with van der Waals surface area (Å²) in [6.45, 7) is 3.05. The Morgan fingerprint density at radius 1 is 1.30 bits per heavy atom. The molecule has 27 heavy (non-hydrogen) atoms. The van der Waals surface area contributed by atoms with Crippen LogP contribution in [0.2, 0.25) is 0 Å². The maximum atomic E-state index is 15.0. The van der Waals surface area contributed by atoms with Gasteiger partial charge in [0.05, 0.1) is 28.8 Å². The number of pyridine rings is 1. The number of aromatic carboxylic acids is 1. The van der Waals surface area contributed by atoms with Crippen molar-refractivity contribution in [1.82, 2.24) is 4.57 Å². The van der Waals surface area contributed by atoms with Gasteiger partial charge in [-0.25, -0.2) is 4.39 Å². The number of carbonyl (C=O) groups excluding carboxylic acids is 1. The molecule has 1 aromatic heterocycles. The first-order valence-corrected chi connectivity index (χ1v) is 8.93. The molecule has 0 saturated carbocycles. The first-order chi connectivity index (χ1) is 12.4. The predicted octanol–water partition coefficient (Wildman–Crippen LogP) is -2.02. The van der Waals surface area contributed by atoms with Crippen LogP contribution in [0.5, 0.6) is 0 Å². The van der Waals surface area contributed by atoms with Crippen molar-refractivity contribution in [2.75, 3.05) is 18.0 Å². The Bertz CT molecular complexity index is 967. The van der Waals surface area contributed by atoms with Crippen molar-refractivity contribution in [3.8, 4) is 0 Å². The third-order valence-electron chi connectivity index (χ3n) is 5.63. The Morgan fingerprint density at radius 3 is 2.59 bits per heavy atom. The van der Waals surface area contributed by atoms with Crippen molar-refractivity contribution in [3.63, 3.8) is 0 Å². The molecule has 2 aliphatic heterocycles. The van der Waals surface area contributed by atoms with E-state index in [0.29, 0.717) is 43.6 Å². The summed E-state index contributed by atoms with van der Waals surface area (Å²) in [5.74, 6) is -2.06. The number of aliphatic hydroxyl groups excluding tert-OH is 1. The van der Waals surface area contributed by atoms with E-state index >= 15 is 0 Å². The van der Waals surface area contributed by atoms with Gasteiger partial charge < -0.3 is 24.5 Å². The zero-order chi connectivity index (χ0) is 18.6. The molecule has 138 valence electrons. The summed E-state index contributed by atoms with van der Waals surface area (Å²) in [7, 11) is 0. The van der Waals surface area contributed by atoms with E-state index in [2.05, 4.69) is 0 Å². The van der Waals surface area contributed by atoms with Crippen molar-refractivity contribution in [3.05, 3.63) is 39.4 Å². The molecule has 0 aliphatic carbocycles. The fourth-order valence-corrected chi connectivity index (χ4v) is 4.21. The molecule has 6 nitrogen and oxygen atoms in total. The summed E-state index contributed by atoms with van der Waals surface area (Å²) in [5, 5.41) is 21.1. The van der Waals surface area contributed by atoms with Crippen molar-refractivity contribution >= 4 is 22.6 Å². The normalized spacial score (nSPS) is 19.8. The molecule has 0 bridgehead atoms. The monoisotopic (exact) mass is 398 g/mol. The fraction of sp³-hybridized carbons (Fsp3) is 0.474. The third kappa shape index (κ3) is 3.51. The smallest absolute Gasteiger partial charge is 0.545 e. The predicted molar refractivity (Wildman–Crippen MR) is 93.0 cm³/mol. The van der Waals surface area contributed by atoms with Crippen LogP contribution in [0.3, 0.4) is 0 Å². The maximum absolute atomic E-state index is 15.0. The number of rotatable bonds is 2. The molecule has 1 fully saturated rings. The van der Waals surface area contributed by atoms with E-state index in [1.807, 2.05) is 11.8 Å². The van der Waals surface area contributed by atoms with Crippen LogP contribution < -0.4 is 66.8 Å². The molecule has 1 saturated heterocycles. The van der Waals surface area contributed by atoms with Gasteiger partial charge in [-0.3, -0.25) is 4.79 Å². The Labute approximate surface area is 198 Å². The van der Waals surface area contributed by atoms with Crippen molar-refractivity contribution in [1.29, 1.82) is 0 Å². The van der Waals surface area contributed by atoms with Crippen molar-refractivity contribution < 1.29 is 70.8 Å². The zero-order valence-electron chi connectivity index (χ0n) is 15.5. The maximum Gasteiger partial charge on any atom is 1.00 e. The topological polar surface area (TPSA) is 85.6 Å². The zero-order valence-corrected chi connectivity index (χ0v) is 18.6. The number of piperidine rings is 1. The molecule has 8 heteroatoms. The first-order valence-electron chi connectivity index (χ1n) is 8.93. The summed E-state index contributed by atoms with van der Waals surface area (Å²) in [6, 6.07) is 1.16. The summed E-state index contributed by atoms with van der Waals surface area (Å²) in [4.78, 5) is 25.8. The van der Waals surface area contributed by atoms with Crippen LogP contribution in [0.25, 0.3) is 10.9 Å². The van der Waals surface area contributed by atoms with E-state index in [-0.39, 0.29) is 68.9 Å². The Hall–Kier alpha value is -0.774. The van der Waals surface area contributed by atoms with E-state index in [4.69, 9.17) is 0 Å². The van der Waals surface area contributed by atoms with Gasteiger partial charge in [0.2, 0.25) is 0 Å². The van der Waals surface area contributed by atoms with E-state index < -0.39 is 22.8 Å². The molecule has 4 rings (SSSR count). The number of carboxylic acid groups (broad SMARTS) is 1. The minimum Gasteiger partial charge on any atom is -0.545 e. The number of aromatic nitrogens is 1. The molecule has 0 radical (unpaired) electrons. The fourth-order valence-electron chi connectivity index (χ4n) is 4.21. The quantitative estimate of drug-likeness (QED) is 0.590. The van der Waals surface area contributed by atoms with Crippen molar-refractivity contribution in [2.24, 2.45) is 0 Å². The van der Waals surface area contributed by atoms with Gasteiger partial charge in [0.1, 0.15) is 5.82 Å². The summed E-state index contributed by atoms with van der Waals surface area (Å²) >= 11 is 0. The number of halogens is 1. The van der Waals surface area contributed by atoms with Gasteiger partial charge in [0, 0.05) is 36.3 Å². The number of hydrogen-bond donors (Lipinski definition) is 1. The largest absolute Gasteiger partial charge is 1.00 e. The van der Waals surface area contributed by atoms with Gasteiger partial charge in [0.15, 0.2) is 5.43 Å². The van der Waals surface area contributed by atoms with Gasteiger partial charge in [-0.05, 0) is 38.7 Å². The van der Waals surface area contributed by atoms with Crippen LogP contribution >= 0.6 is 0 Å².